The predicted octanol–water partition coefficient (Wildman–Crippen LogP) is 1.74. The molecule has 0 aliphatic carbocycles. The largest absolute Gasteiger partial charge is 0.485 e. The van der Waals surface area contributed by atoms with Gasteiger partial charge in [0.25, 0.3) is 17.7 Å². The number of hydrazine groups is 1. The highest BCUT2D eigenvalue weighted by atomic mass is 16.6. The molecule has 2 aromatic carbocycles. The van der Waals surface area contributed by atoms with Crippen LogP contribution in [0.4, 0.5) is 0 Å². The molecule has 8 nitrogen and oxygen atoms in total. The third kappa shape index (κ3) is 4.89. The minimum atomic E-state index is -0.903. The second-order valence-corrected chi connectivity index (χ2v) is 7.35. The van der Waals surface area contributed by atoms with Crippen molar-refractivity contribution < 1.29 is 23.9 Å². The Bertz CT molecular complexity index is 944. The normalized spacial score (nSPS) is 15.8. The first kappa shape index (κ1) is 21.2. The van der Waals surface area contributed by atoms with Crippen LogP contribution in [0.15, 0.2) is 48.5 Å². The van der Waals surface area contributed by atoms with Gasteiger partial charge < -0.3 is 14.8 Å². The van der Waals surface area contributed by atoms with Gasteiger partial charge >= 0.3 is 0 Å². The molecule has 1 heterocycles. The number of para-hydroxylation sites is 2. The van der Waals surface area contributed by atoms with Gasteiger partial charge in [-0.1, -0.05) is 44.2 Å². The van der Waals surface area contributed by atoms with Crippen molar-refractivity contribution in [3.63, 3.8) is 0 Å². The molecule has 1 aliphatic rings. The van der Waals surface area contributed by atoms with E-state index in [0.717, 1.165) is 5.56 Å². The second kappa shape index (κ2) is 9.30. The van der Waals surface area contributed by atoms with Crippen LogP contribution in [0.1, 0.15) is 29.8 Å². The summed E-state index contributed by atoms with van der Waals surface area (Å²) in [4.78, 5) is 37.6. The zero-order chi connectivity index (χ0) is 21.7. The summed E-state index contributed by atoms with van der Waals surface area (Å²) in [5, 5.41) is 2.73. The third-order valence-corrected chi connectivity index (χ3v) is 4.74. The lowest BCUT2D eigenvalue weighted by Gasteiger charge is -2.26. The molecule has 0 saturated carbocycles. The maximum atomic E-state index is 12.6. The number of hydrogen-bond donors (Lipinski definition) is 3. The number of hydrogen-bond acceptors (Lipinski definition) is 5. The fourth-order valence-corrected chi connectivity index (χ4v) is 3.01. The summed E-state index contributed by atoms with van der Waals surface area (Å²) in [6.45, 7) is 5.46. The zero-order valence-corrected chi connectivity index (χ0v) is 17.1. The number of carbonyl (C=O) groups excluding carboxylic acids is 3. The Morgan fingerprint density at radius 1 is 0.967 bits per heavy atom. The van der Waals surface area contributed by atoms with E-state index in [9.17, 15) is 14.4 Å². The van der Waals surface area contributed by atoms with Crippen molar-refractivity contribution in [3.05, 3.63) is 59.7 Å². The Balaban J connectivity index is 1.57. The number of fused-ring (bicyclic) bond motifs is 1. The van der Waals surface area contributed by atoms with Crippen molar-refractivity contribution in [2.75, 3.05) is 6.61 Å². The van der Waals surface area contributed by atoms with Gasteiger partial charge in [-0.25, -0.2) is 0 Å². The minimum absolute atomic E-state index is 0.0242. The first-order valence-electron chi connectivity index (χ1n) is 9.71. The molecule has 0 bridgehead atoms. The Kier molecular flexibility index (Phi) is 6.56. The van der Waals surface area contributed by atoms with Crippen LogP contribution in [0.2, 0.25) is 0 Å². The van der Waals surface area contributed by atoms with Gasteiger partial charge in [-0.3, -0.25) is 25.2 Å². The summed E-state index contributed by atoms with van der Waals surface area (Å²) >= 11 is 0. The SMILES string of the molecule is Cc1ccccc1C(=O)N[C@H](C(=O)NNC(=O)C1COc2ccccc2O1)C(C)C. The molecule has 2 atom stereocenters. The lowest BCUT2D eigenvalue weighted by atomic mass is 10.0. The Hall–Kier alpha value is -3.55. The highest BCUT2D eigenvalue weighted by Gasteiger charge is 2.29. The number of ether oxygens (including phenoxy) is 2. The summed E-state index contributed by atoms with van der Waals surface area (Å²) < 4.78 is 11.1. The van der Waals surface area contributed by atoms with Gasteiger partial charge in [0.2, 0.25) is 6.10 Å². The zero-order valence-electron chi connectivity index (χ0n) is 17.1. The number of benzene rings is 2. The van der Waals surface area contributed by atoms with E-state index in [0.29, 0.717) is 17.1 Å². The van der Waals surface area contributed by atoms with Crippen LogP contribution in [0.3, 0.4) is 0 Å². The van der Waals surface area contributed by atoms with Crippen molar-refractivity contribution in [2.24, 2.45) is 5.92 Å². The number of amides is 3. The van der Waals surface area contributed by atoms with Crippen LogP contribution < -0.4 is 25.6 Å². The summed E-state index contributed by atoms with van der Waals surface area (Å²) in [6.07, 6.45) is -0.903. The maximum absolute atomic E-state index is 12.6. The van der Waals surface area contributed by atoms with Crippen molar-refractivity contribution in [3.8, 4) is 11.5 Å². The van der Waals surface area contributed by atoms with Gasteiger partial charge in [-0.05, 0) is 36.6 Å². The molecule has 3 N–H and O–H groups in total. The fraction of sp³-hybridized carbons (Fsp3) is 0.318. The standard InChI is InChI=1S/C22H25N3O5/c1-13(2)19(23-20(26)15-9-5-4-8-14(15)3)22(28)25-24-21(27)18-12-29-16-10-6-7-11-17(16)30-18/h4-11,13,18-19H,12H2,1-3H3,(H,23,26)(H,24,27)(H,25,28)/t18?,19-/m0/s1. The summed E-state index contributed by atoms with van der Waals surface area (Å²) in [5.41, 5.74) is 6.01. The topological polar surface area (TPSA) is 106 Å². The monoisotopic (exact) mass is 411 g/mol. The molecule has 0 spiro atoms. The minimum Gasteiger partial charge on any atom is -0.485 e. The van der Waals surface area contributed by atoms with Crippen molar-refractivity contribution >= 4 is 17.7 Å². The van der Waals surface area contributed by atoms with Gasteiger partial charge in [-0.15, -0.1) is 0 Å². The molecule has 3 rings (SSSR count). The van der Waals surface area contributed by atoms with Gasteiger partial charge in [0.15, 0.2) is 11.5 Å². The van der Waals surface area contributed by atoms with E-state index in [2.05, 4.69) is 16.2 Å². The van der Waals surface area contributed by atoms with Crippen molar-refractivity contribution in [2.45, 2.75) is 32.9 Å². The molecule has 0 aromatic heterocycles. The second-order valence-electron chi connectivity index (χ2n) is 7.35. The number of rotatable bonds is 5. The molecular formula is C22H25N3O5. The fourth-order valence-electron chi connectivity index (χ4n) is 3.01. The molecule has 3 amide bonds. The molecule has 1 aliphatic heterocycles. The Labute approximate surface area is 174 Å². The first-order valence-corrected chi connectivity index (χ1v) is 9.71. The Morgan fingerprint density at radius 3 is 2.33 bits per heavy atom. The highest BCUT2D eigenvalue weighted by Crippen LogP contribution is 2.30. The van der Waals surface area contributed by atoms with Crippen LogP contribution in [-0.4, -0.2) is 36.5 Å². The van der Waals surface area contributed by atoms with E-state index in [1.807, 2.05) is 19.1 Å². The molecule has 0 radical (unpaired) electrons. The average molecular weight is 411 g/mol. The molecule has 1 unspecified atom stereocenters. The number of nitrogens with one attached hydrogen (secondary N) is 3. The smallest absolute Gasteiger partial charge is 0.283 e. The van der Waals surface area contributed by atoms with Gasteiger partial charge in [0, 0.05) is 5.56 Å². The van der Waals surface area contributed by atoms with E-state index in [4.69, 9.17) is 9.47 Å². The van der Waals surface area contributed by atoms with E-state index in [-0.39, 0.29) is 18.4 Å². The maximum Gasteiger partial charge on any atom is 0.283 e. The average Bonchev–Trinajstić information content (AvgIpc) is 2.75. The van der Waals surface area contributed by atoms with Crippen molar-refractivity contribution in [1.82, 2.24) is 16.2 Å². The van der Waals surface area contributed by atoms with Crippen LogP contribution in [0, 0.1) is 12.8 Å². The number of carbonyl (C=O) groups is 3. The van der Waals surface area contributed by atoms with Gasteiger partial charge in [0.1, 0.15) is 12.6 Å². The summed E-state index contributed by atoms with van der Waals surface area (Å²) in [6, 6.07) is 13.3. The Morgan fingerprint density at radius 2 is 1.63 bits per heavy atom. The van der Waals surface area contributed by atoms with E-state index in [1.165, 1.54) is 0 Å². The van der Waals surface area contributed by atoms with Crippen LogP contribution >= 0.6 is 0 Å². The van der Waals surface area contributed by atoms with E-state index >= 15 is 0 Å². The van der Waals surface area contributed by atoms with E-state index in [1.54, 1.807) is 50.2 Å². The lowest BCUT2D eigenvalue weighted by molar-refractivity contribution is -0.135. The van der Waals surface area contributed by atoms with Crippen LogP contribution in [-0.2, 0) is 9.59 Å². The molecule has 8 heteroatoms. The van der Waals surface area contributed by atoms with Gasteiger partial charge in [0.05, 0.1) is 0 Å². The molecule has 0 fully saturated rings. The summed E-state index contributed by atoms with van der Waals surface area (Å²) in [5.74, 6) is -0.613. The van der Waals surface area contributed by atoms with Gasteiger partial charge in [-0.2, -0.15) is 0 Å². The molecule has 30 heavy (non-hydrogen) atoms. The molecular weight excluding hydrogens is 386 g/mol. The number of aryl methyl sites for hydroxylation is 1. The van der Waals surface area contributed by atoms with E-state index < -0.39 is 24.0 Å². The lowest BCUT2D eigenvalue weighted by Crippen LogP contribution is -2.57. The summed E-state index contributed by atoms with van der Waals surface area (Å²) in [7, 11) is 0. The molecule has 0 saturated heterocycles. The predicted molar refractivity (Wildman–Crippen MR) is 110 cm³/mol. The van der Waals surface area contributed by atoms with Crippen molar-refractivity contribution in [1.29, 1.82) is 0 Å². The quantitative estimate of drug-likeness (QED) is 0.650. The molecule has 158 valence electrons. The molecule has 2 aromatic rings. The van der Waals surface area contributed by atoms with Crippen LogP contribution in [0.5, 0.6) is 11.5 Å². The first-order chi connectivity index (χ1) is 14.4. The third-order valence-electron chi connectivity index (χ3n) is 4.74. The highest BCUT2D eigenvalue weighted by molar-refractivity contribution is 5.99. The van der Waals surface area contributed by atoms with Crippen LogP contribution in [0.25, 0.3) is 0 Å².